The molecule has 0 spiro atoms. The first-order chi connectivity index (χ1) is 9.88. The number of hydrogen-bond donors (Lipinski definition) is 3. The standard InChI is InChI=1S/C14H18N2O5/c1-9-2-4-10(5-3-9)16(8-13(19)20)14(21)15-6-11(17)12(18)7-15/h2-5,11-12,17-18H,6-8H2,1H3,(H,19,20). The van der Waals surface area contributed by atoms with Crippen LogP contribution in [0.25, 0.3) is 0 Å². The molecule has 1 aliphatic rings. The number of anilines is 1. The number of aliphatic carboxylic acids is 1. The minimum atomic E-state index is -1.13. The molecule has 114 valence electrons. The number of carbonyl (C=O) groups excluding carboxylic acids is 1. The van der Waals surface area contributed by atoms with Crippen LogP contribution < -0.4 is 4.90 Å². The van der Waals surface area contributed by atoms with Gasteiger partial charge in [-0.3, -0.25) is 9.69 Å². The highest BCUT2D eigenvalue weighted by Gasteiger charge is 2.35. The number of urea groups is 1. The van der Waals surface area contributed by atoms with Crippen molar-refractivity contribution in [2.45, 2.75) is 19.1 Å². The molecule has 2 unspecified atom stereocenters. The fourth-order valence-corrected chi connectivity index (χ4v) is 2.23. The van der Waals surface area contributed by atoms with E-state index in [2.05, 4.69) is 0 Å². The van der Waals surface area contributed by atoms with E-state index in [1.54, 1.807) is 24.3 Å². The number of amides is 2. The summed E-state index contributed by atoms with van der Waals surface area (Å²) in [4.78, 5) is 25.8. The van der Waals surface area contributed by atoms with Gasteiger partial charge < -0.3 is 20.2 Å². The fourth-order valence-electron chi connectivity index (χ4n) is 2.23. The predicted octanol–water partition coefficient (Wildman–Crippen LogP) is 0.0434. The number of β-amino-alcohol motifs (C(OH)–C–C–N with tert-alkyl or cyclic N) is 2. The van der Waals surface area contributed by atoms with Crippen LogP contribution in [-0.2, 0) is 4.79 Å². The molecule has 0 aliphatic carbocycles. The molecule has 1 saturated heterocycles. The van der Waals surface area contributed by atoms with Crippen molar-refractivity contribution in [2.75, 3.05) is 24.5 Å². The molecule has 0 radical (unpaired) electrons. The number of hydrogen-bond acceptors (Lipinski definition) is 4. The Morgan fingerprint density at radius 2 is 1.71 bits per heavy atom. The summed E-state index contributed by atoms with van der Waals surface area (Å²) in [5.41, 5.74) is 1.46. The summed E-state index contributed by atoms with van der Waals surface area (Å²) in [6.45, 7) is 1.38. The Balaban J connectivity index is 2.21. The Hall–Kier alpha value is -2.12. The first-order valence-electron chi connectivity index (χ1n) is 6.59. The molecular formula is C14H18N2O5. The second kappa shape index (κ2) is 6.11. The van der Waals surface area contributed by atoms with Crippen LogP contribution in [0.4, 0.5) is 10.5 Å². The smallest absolute Gasteiger partial charge is 0.325 e. The quantitative estimate of drug-likeness (QED) is 0.731. The third kappa shape index (κ3) is 3.50. The lowest BCUT2D eigenvalue weighted by molar-refractivity contribution is -0.135. The highest BCUT2D eigenvalue weighted by atomic mass is 16.4. The normalized spacial score (nSPS) is 21.4. The van der Waals surface area contributed by atoms with Gasteiger partial charge in [-0.05, 0) is 19.1 Å². The third-order valence-electron chi connectivity index (χ3n) is 3.40. The van der Waals surface area contributed by atoms with E-state index >= 15 is 0 Å². The van der Waals surface area contributed by atoms with E-state index in [4.69, 9.17) is 5.11 Å². The highest BCUT2D eigenvalue weighted by molar-refractivity contribution is 5.96. The molecule has 3 N–H and O–H groups in total. The number of carbonyl (C=O) groups is 2. The van der Waals surface area contributed by atoms with Crippen LogP contribution in [0.5, 0.6) is 0 Å². The average molecular weight is 294 g/mol. The van der Waals surface area contributed by atoms with Crippen LogP contribution in [0.1, 0.15) is 5.56 Å². The number of carboxylic acids is 1. The Morgan fingerprint density at radius 3 is 2.19 bits per heavy atom. The fraction of sp³-hybridized carbons (Fsp3) is 0.429. The monoisotopic (exact) mass is 294 g/mol. The van der Waals surface area contributed by atoms with Crippen LogP contribution in [0.15, 0.2) is 24.3 Å². The van der Waals surface area contributed by atoms with Gasteiger partial charge in [0, 0.05) is 5.69 Å². The highest BCUT2D eigenvalue weighted by Crippen LogP contribution is 2.19. The van der Waals surface area contributed by atoms with Gasteiger partial charge in [0.05, 0.1) is 25.3 Å². The number of carboxylic acid groups (broad SMARTS) is 1. The SMILES string of the molecule is Cc1ccc(N(CC(=O)O)C(=O)N2CC(O)C(O)C2)cc1. The molecule has 2 atom stereocenters. The van der Waals surface area contributed by atoms with Gasteiger partial charge in [-0.1, -0.05) is 17.7 Å². The maximum Gasteiger partial charge on any atom is 0.325 e. The minimum absolute atomic E-state index is 0.0119. The molecule has 0 bridgehead atoms. The maximum atomic E-state index is 12.4. The van der Waals surface area contributed by atoms with Gasteiger partial charge in [0.2, 0.25) is 0 Å². The summed E-state index contributed by atoms with van der Waals surface area (Å²) in [6.07, 6.45) is -2.00. The second-order valence-corrected chi connectivity index (χ2v) is 5.14. The van der Waals surface area contributed by atoms with Crippen molar-refractivity contribution in [1.29, 1.82) is 0 Å². The van der Waals surface area contributed by atoms with Gasteiger partial charge in [0.15, 0.2) is 0 Å². The van der Waals surface area contributed by atoms with Gasteiger partial charge >= 0.3 is 12.0 Å². The number of aryl methyl sites for hydroxylation is 1. The Bertz CT molecular complexity index is 521. The van der Waals surface area contributed by atoms with E-state index in [1.807, 2.05) is 6.92 Å². The molecule has 7 nitrogen and oxygen atoms in total. The van der Waals surface area contributed by atoms with Gasteiger partial charge in [0.25, 0.3) is 0 Å². The van der Waals surface area contributed by atoms with Crippen molar-refractivity contribution in [3.05, 3.63) is 29.8 Å². The van der Waals surface area contributed by atoms with E-state index in [0.717, 1.165) is 10.5 Å². The predicted molar refractivity (Wildman–Crippen MR) is 75.1 cm³/mol. The van der Waals surface area contributed by atoms with Gasteiger partial charge in [-0.15, -0.1) is 0 Å². The lowest BCUT2D eigenvalue weighted by Crippen LogP contribution is -2.45. The van der Waals surface area contributed by atoms with E-state index in [0.29, 0.717) is 5.69 Å². The zero-order chi connectivity index (χ0) is 15.6. The van der Waals surface area contributed by atoms with Crippen LogP contribution in [-0.4, -0.2) is 64.1 Å². The van der Waals surface area contributed by atoms with Gasteiger partial charge in [-0.2, -0.15) is 0 Å². The molecule has 0 saturated carbocycles. The summed E-state index contributed by atoms with van der Waals surface area (Å²) in [7, 11) is 0. The number of nitrogens with zero attached hydrogens (tertiary/aromatic N) is 2. The summed E-state index contributed by atoms with van der Waals surface area (Å²) < 4.78 is 0. The lowest BCUT2D eigenvalue weighted by atomic mass is 10.2. The Morgan fingerprint density at radius 1 is 1.19 bits per heavy atom. The van der Waals surface area contributed by atoms with E-state index in [1.165, 1.54) is 4.90 Å². The summed E-state index contributed by atoms with van der Waals surface area (Å²) >= 11 is 0. The van der Waals surface area contributed by atoms with Crippen molar-refractivity contribution in [3.63, 3.8) is 0 Å². The van der Waals surface area contributed by atoms with E-state index in [-0.39, 0.29) is 13.1 Å². The molecule has 21 heavy (non-hydrogen) atoms. The van der Waals surface area contributed by atoms with Gasteiger partial charge in [0.1, 0.15) is 6.54 Å². The minimum Gasteiger partial charge on any atom is -0.480 e. The van der Waals surface area contributed by atoms with Crippen LogP contribution in [0.2, 0.25) is 0 Å². The zero-order valence-electron chi connectivity index (χ0n) is 11.6. The molecule has 2 amide bonds. The summed E-state index contributed by atoms with van der Waals surface area (Å²) in [5.74, 6) is -1.13. The van der Waals surface area contributed by atoms with Crippen molar-refractivity contribution in [3.8, 4) is 0 Å². The molecule has 7 heteroatoms. The zero-order valence-corrected chi connectivity index (χ0v) is 11.6. The largest absolute Gasteiger partial charge is 0.480 e. The van der Waals surface area contributed by atoms with Crippen LogP contribution in [0, 0.1) is 6.92 Å². The Kier molecular flexibility index (Phi) is 4.44. The lowest BCUT2D eigenvalue weighted by Gasteiger charge is -2.26. The first kappa shape index (κ1) is 15.3. The number of aliphatic hydroxyl groups excluding tert-OH is 2. The van der Waals surface area contributed by atoms with E-state index < -0.39 is 30.8 Å². The van der Waals surface area contributed by atoms with Gasteiger partial charge in [-0.25, -0.2) is 4.79 Å². The molecule has 1 fully saturated rings. The number of likely N-dealkylation sites (tertiary alicyclic amines) is 1. The molecule has 1 aromatic carbocycles. The molecule has 0 aromatic heterocycles. The topological polar surface area (TPSA) is 101 Å². The van der Waals surface area contributed by atoms with E-state index in [9.17, 15) is 19.8 Å². The third-order valence-corrected chi connectivity index (χ3v) is 3.40. The molecule has 2 rings (SSSR count). The summed E-state index contributed by atoms with van der Waals surface area (Å²) in [5, 5.41) is 28.0. The number of benzene rings is 1. The van der Waals surface area contributed by atoms with Crippen molar-refractivity contribution < 1.29 is 24.9 Å². The van der Waals surface area contributed by atoms with Crippen molar-refractivity contribution >= 4 is 17.7 Å². The molecule has 1 heterocycles. The second-order valence-electron chi connectivity index (χ2n) is 5.14. The Labute approximate surface area is 122 Å². The average Bonchev–Trinajstić information content (AvgIpc) is 2.76. The van der Waals surface area contributed by atoms with Crippen molar-refractivity contribution in [1.82, 2.24) is 4.90 Å². The number of aliphatic hydroxyl groups is 2. The molecular weight excluding hydrogens is 276 g/mol. The number of rotatable bonds is 3. The maximum absolute atomic E-state index is 12.4. The molecule has 1 aliphatic heterocycles. The first-order valence-corrected chi connectivity index (χ1v) is 6.59. The van der Waals surface area contributed by atoms with Crippen molar-refractivity contribution in [2.24, 2.45) is 0 Å². The summed E-state index contributed by atoms with van der Waals surface area (Å²) in [6, 6.07) is 6.35. The molecule has 1 aromatic rings. The van der Waals surface area contributed by atoms with Crippen LogP contribution >= 0.6 is 0 Å². The van der Waals surface area contributed by atoms with Crippen LogP contribution in [0.3, 0.4) is 0 Å².